The molecule has 1 aromatic rings. The highest BCUT2D eigenvalue weighted by molar-refractivity contribution is 5.96. The van der Waals surface area contributed by atoms with E-state index in [1.54, 1.807) is 0 Å². The van der Waals surface area contributed by atoms with Gasteiger partial charge in [0, 0.05) is 19.6 Å². The second-order valence-corrected chi connectivity index (χ2v) is 4.14. The molecule has 0 radical (unpaired) electrons. The molecule has 0 aliphatic carbocycles. The number of aromatic hydroxyl groups is 1. The Bertz CT molecular complexity index is 453. The van der Waals surface area contributed by atoms with Gasteiger partial charge in [-0.1, -0.05) is 0 Å². The third-order valence-corrected chi connectivity index (χ3v) is 2.88. The van der Waals surface area contributed by atoms with Crippen molar-refractivity contribution in [3.05, 3.63) is 29.6 Å². The topological polar surface area (TPSA) is 75.8 Å². The molecule has 1 atom stereocenters. The molecule has 2 rings (SSSR count). The minimum absolute atomic E-state index is 0.0346. The molecule has 1 fully saturated rings. The van der Waals surface area contributed by atoms with E-state index in [-0.39, 0.29) is 17.4 Å². The van der Waals surface area contributed by atoms with E-state index in [2.05, 4.69) is 0 Å². The molecule has 0 spiro atoms. The molecular weight excluding hydrogens is 239 g/mol. The fourth-order valence-electron chi connectivity index (χ4n) is 1.90. The van der Waals surface area contributed by atoms with Gasteiger partial charge in [-0.3, -0.25) is 4.79 Å². The smallest absolute Gasteiger partial charge is 0.257 e. The van der Waals surface area contributed by atoms with Crippen molar-refractivity contribution in [2.24, 2.45) is 5.73 Å². The fraction of sp³-hybridized carbons (Fsp3) is 0.417. The Morgan fingerprint density at radius 2 is 2.39 bits per heavy atom. The summed E-state index contributed by atoms with van der Waals surface area (Å²) in [7, 11) is 0. The van der Waals surface area contributed by atoms with Crippen molar-refractivity contribution in [2.45, 2.75) is 6.10 Å². The molecule has 1 aromatic carbocycles. The van der Waals surface area contributed by atoms with E-state index < -0.39 is 11.7 Å². The molecule has 1 heterocycles. The van der Waals surface area contributed by atoms with Crippen LogP contribution in [0.4, 0.5) is 4.39 Å². The van der Waals surface area contributed by atoms with Gasteiger partial charge in [0.2, 0.25) is 0 Å². The molecule has 1 saturated heterocycles. The van der Waals surface area contributed by atoms with E-state index in [0.29, 0.717) is 26.2 Å². The third-order valence-electron chi connectivity index (χ3n) is 2.88. The van der Waals surface area contributed by atoms with Crippen molar-refractivity contribution in [1.29, 1.82) is 0 Å². The summed E-state index contributed by atoms with van der Waals surface area (Å²) < 4.78 is 18.4. The molecule has 0 bridgehead atoms. The van der Waals surface area contributed by atoms with Crippen molar-refractivity contribution in [2.75, 3.05) is 26.2 Å². The second kappa shape index (κ2) is 5.32. The maximum Gasteiger partial charge on any atom is 0.257 e. The van der Waals surface area contributed by atoms with Crippen LogP contribution in [0.1, 0.15) is 10.4 Å². The molecule has 0 aromatic heterocycles. The number of nitrogens with zero attached hydrogens (tertiary/aromatic N) is 1. The summed E-state index contributed by atoms with van der Waals surface area (Å²) in [6.07, 6.45) is -0.210. The molecule has 1 amide bonds. The number of rotatable bonds is 2. The Kier molecular flexibility index (Phi) is 3.78. The van der Waals surface area contributed by atoms with Gasteiger partial charge >= 0.3 is 0 Å². The van der Waals surface area contributed by atoms with Gasteiger partial charge in [0.05, 0.1) is 18.3 Å². The van der Waals surface area contributed by atoms with Crippen molar-refractivity contribution in [3.63, 3.8) is 0 Å². The Hall–Kier alpha value is -1.66. The van der Waals surface area contributed by atoms with Gasteiger partial charge in [-0.25, -0.2) is 4.39 Å². The van der Waals surface area contributed by atoms with Crippen molar-refractivity contribution >= 4 is 5.91 Å². The van der Waals surface area contributed by atoms with Gasteiger partial charge in [0.25, 0.3) is 5.91 Å². The molecule has 18 heavy (non-hydrogen) atoms. The second-order valence-electron chi connectivity index (χ2n) is 4.14. The van der Waals surface area contributed by atoms with Crippen molar-refractivity contribution in [1.82, 2.24) is 4.90 Å². The number of benzene rings is 1. The minimum atomic E-state index is -0.556. The predicted molar refractivity (Wildman–Crippen MR) is 62.8 cm³/mol. The average Bonchev–Trinajstić information content (AvgIpc) is 2.41. The summed E-state index contributed by atoms with van der Waals surface area (Å²) in [4.78, 5) is 13.6. The number of nitrogens with two attached hydrogens (primary N) is 1. The highest BCUT2D eigenvalue weighted by atomic mass is 19.1. The van der Waals surface area contributed by atoms with Crippen LogP contribution in [-0.4, -0.2) is 48.3 Å². The Morgan fingerprint density at radius 3 is 3.11 bits per heavy atom. The first-order chi connectivity index (χ1) is 8.61. The maximum absolute atomic E-state index is 13.1. The molecule has 0 saturated carbocycles. The summed E-state index contributed by atoms with van der Waals surface area (Å²) in [6.45, 7) is 1.47. The van der Waals surface area contributed by atoms with Crippen LogP contribution in [-0.2, 0) is 4.74 Å². The number of carbonyl (C=O) groups excluding carboxylic acids is 1. The lowest BCUT2D eigenvalue weighted by Gasteiger charge is -2.32. The number of morpholine rings is 1. The highest BCUT2D eigenvalue weighted by Crippen LogP contribution is 2.20. The number of amides is 1. The van der Waals surface area contributed by atoms with Crippen LogP contribution in [0, 0.1) is 5.82 Å². The number of hydrogen-bond donors (Lipinski definition) is 2. The number of hydrogen-bond acceptors (Lipinski definition) is 4. The SMILES string of the molecule is NCC1CN(C(=O)c2cc(F)ccc2O)CCO1. The van der Waals surface area contributed by atoms with Crippen LogP contribution < -0.4 is 5.73 Å². The predicted octanol–water partition coefficient (Wildman–Crippen LogP) is 0.331. The summed E-state index contributed by atoms with van der Waals surface area (Å²) in [5.74, 6) is -1.19. The zero-order chi connectivity index (χ0) is 13.1. The van der Waals surface area contributed by atoms with Crippen LogP contribution in [0.15, 0.2) is 18.2 Å². The van der Waals surface area contributed by atoms with Gasteiger partial charge in [-0.05, 0) is 18.2 Å². The van der Waals surface area contributed by atoms with Gasteiger partial charge in [-0.15, -0.1) is 0 Å². The van der Waals surface area contributed by atoms with E-state index >= 15 is 0 Å². The van der Waals surface area contributed by atoms with E-state index in [4.69, 9.17) is 10.5 Å². The number of halogens is 1. The van der Waals surface area contributed by atoms with Gasteiger partial charge in [0.1, 0.15) is 11.6 Å². The van der Waals surface area contributed by atoms with E-state index in [1.165, 1.54) is 11.0 Å². The first kappa shape index (κ1) is 12.8. The molecule has 98 valence electrons. The monoisotopic (exact) mass is 254 g/mol. The van der Waals surface area contributed by atoms with Crippen LogP contribution in [0.25, 0.3) is 0 Å². The number of ether oxygens (including phenoxy) is 1. The lowest BCUT2D eigenvalue weighted by atomic mass is 10.1. The van der Waals surface area contributed by atoms with Crippen molar-refractivity contribution in [3.8, 4) is 5.75 Å². The summed E-state index contributed by atoms with van der Waals surface area (Å²) >= 11 is 0. The number of phenolic OH excluding ortho intramolecular Hbond substituents is 1. The zero-order valence-corrected chi connectivity index (χ0v) is 9.80. The molecular formula is C12H15FN2O3. The van der Waals surface area contributed by atoms with Gasteiger partial charge < -0.3 is 20.5 Å². The Labute approximate surface area is 104 Å². The van der Waals surface area contributed by atoms with Crippen LogP contribution in [0.3, 0.4) is 0 Å². The third kappa shape index (κ3) is 2.60. The minimum Gasteiger partial charge on any atom is -0.507 e. The van der Waals surface area contributed by atoms with Gasteiger partial charge in [-0.2, -0.15) is 0 Å². The normalized spacial score (nSPS) is 19.9. The summed E-state index contributed by atoms with van der Waals surface area (Å²) in [5, 5.41) is 9.59. The molecule has 1 unspecified atom stereocenters. The molecule has 5 nitrogen and oxygen atoms in total. The average molecular weight is 254 g/mol. The molecule has 1 aliphatic heterocycles. The zero-order valence-electron chi connectivity index (χ0n) is 9.80. The molecule has 6 heteroatoms. The van der Waals surface area contributed by atoms with E-state index in [0.717, 1.165) is 12.1 Å². The number of phenols is 1. The first-order valence-corrected chi connectivity index (χ1v) is 5.71. The van der Waals surface area contributed by atoms with Crippen LogP contribution in [0.2, 0.25) is 0 Å². The molecule has 3 N–H and O–H groups in total. The largest absolute Gasteiger partial charge is 0.507 e. The lowest BCUT2D eigenvalue weighted by Crippen LogP contribution is -2.48. The van der Waals surface area contributed by atoms with E-state index in [9.17, 15) is 14.3 Å². The van der Waals surface area contributed by atoms with Crippen molar-refractivity contribution < 1.29 is 19.0 Å². The summed E-state index contributed by atoms with van der Waals surface area (Å²) in [6, 6.07) is 3.31. The molecule has 1 aliphatic rings. The Morgan fingerprint density at radius 1 is 1.61 bits per heavy atom. The van der Waals surface area contributed by atoms with Crippen LogP contribution >= 0.6 is 0 Å². The first-order valence-electron chi connectivity index (χ1n) is 5.71. The van der Waals surface area contributed by atoms with E-state index in [1.807, 2.05) is 0 Å². The maximum atomic E-state index is 13.1. The number of carbonyl (C=O) groups is 1. The quantitative estimate of drug-likeness (QED) is 0.797. The fourth-order valence-corrected chi connectivity index (χ4v) is 1.90. The standard InChI is InChI=1S/C12H15FN2O3/c13-8-1-2-11(16)10(5-8)12(17)15-3-4-18-9(6-14)7-15/h1-2,5,9,16H,3-4,6-7,14H2. The van der Waals surface area contributed by atoms with Gasteiger partial charge in [0.15, 0.2) is 0 Å². The summed E-state index contributed by atoms with van der Waals surface area (Å²) in [5.41, 5.74) is 5.45. The van der Waals surface area contributed by atoms with Crippen LogP contribution in [0.5, 0.6) is 5.75 Å². The Balaban J connectivity index is 2.17. The lowest BCUT2D eigenvalue weighted by molar-refractivity contribution is -0.0168. The highest BCUT2D eigenvalue weighted by Gasteiger charge is 2.25.